The van der Waals surface area contributed by atoms with E-state index in [4.69, 9.17) is 5.11 Å². The fourth-order valence-electron chi connectivity index (χ4n) is 2.10. The smallest absolute Gasteiger partial charge is 0.310 e. The van der Waals surface area contributed by atoms with Gasteiger partial charge in [0.1, 0.15) is 0 Å². The number of benzene rings is 1. The van der Waals surface area contributed by atoms with Crippen LogP contribution in [-0.2, 0) is 9.59 Å². The fourth-order valence-corrected chi connectivity index (χ4v) is 4.78. The molecule has 2 N–H and O–H groups in total. The SMILES string of the molecule is CC(C(=O)O)c1cccc(NC(=O)CC2CSCCS2)c1. The number of rotatable bonds is 5. The number of carbonyl (C=O) groups excluding carboxylic acids is 1. The lowest BCUT2D eigenvalue weighted by Crippen LogP contribution is -2.22. The molecule has 0 bridgehead atoms. The molecule has 21 heavy (non-hydrogen) atoms. The van der Waals surface area contributed by atoms with Crippen LogP contribution in [0.1, 0.15) is 24.8 Å². The lowest BCUT2D eigenvalue weighted by Gasteiger charge is -2.20. The summed E-state index contributed by atoms with van der Waals surface area (Å²) in [6.07, 6.45) is 0.510. The van der Waals surface area contributed by atoms with Crippen molar-refractivity contribution in [2.24, 2.45) is 0 Å². The van der Waals surface area contributed by atoms with Crippen molar-refractivity contribution in [3.63, 3.8) is 0 Å². The normalized spacial score (nSPS) is 19.8. The number of carboxylic acids is 1. The average molecular weight is 325 g/mol. The maximum atomic E-state index is 12.0. The highest BCUT2D eigenvalue weighted by Crippen LogP contribution is 2.27. The van der Waals surface area contributed by atoms with Crippen LogP contribution < -0.4 is 5.32 Å². The Hall–Kier alpha value is -1.14. The average Bonchev–Trinajstić information content (AvgIpc) is 2.47. The van der Waals surface area contributed by atoms with Gasteiger partial charge in [-0.15, -0.1) is 0 Å². The summed E-state index contributed by atoms with van der Waals surface area (Å²) in [6.45, 7) is 1.64. The number of amides is 1. The van der Waals surface area contributed by atoms with Gasteiger partial charge in [0.15, 0.2) is 0 Å². The summed E-state index contributed by atoms with van der Waals surface area (Å²) >= 11 is 3.75. The van der Waals surface area contributed by atoms with Gasteiger partial charge in [-0.3, -0.25) is 9.59 Å². The minimum absolute atomic E-state index is 0.00451. The van der Waals surface area contributed by atoms with Crippen LogP contribution in [0.5, 0.6) is 0 Å². The first-order chi connectivity index (χ1) is 10.1. The fraction of sp³-hybridized carbons (Fsp3) is 0.467. The molecule has 0 spiro atoms. The van der Waals surface area contributed by atoms with Crippen LogP contribution in [-0.4, -0.2) is 39.5 Å². The van der Waals surface area contributed by atoms with E-state index >= 15 is 0 Å². The van der Waals surface area contributed by atoms with Crippen LogP contribution in [0, 0.1) is 0 Å². The van der Waals surface area contributed by atoms with Gasteiger partial charge in [-0.1, -0.05) is 12.1 Å². The first-order valence-electron chi connectivity index (χ1n) is 6.88. The minimum Gasteiger partial charge on any atom is -0.481 e. The summed E-state index contributed by atoms with van der Waals surface area (Å²) in [6, 6.07) is 7.07. The summed E-state index contributed by atoms with van der Waals surface area (Å²) in [5, 5.41) is 12.3. The number of hydrogen-bond acceptors (Lipinski definition) is 4. The highest BCUT2D eigenvalue weighted by molar-refractivity contribution is 8.06. The minimum atomic E-state index is -0.867. The molecular formula is C15H19NO3S2. The first-order valence-corrected chi connectivity index (χ1v) is 9.08. The molecule has 0 radical (unpaired) electrons. The van der Waals surface area contributed by atoms with Crippen LogP contribution in [0.4, 0.5) is 5.69 Å². The van der Waals surface area contributed by atoms with Gasteiger partial charge in [0.25, 0.3) is 0 Å². The Morgan fingerprint density at radius 1 is 1.43 bits per heavy atom. The molecule has 1 heterocycles. The van der Waals surface area contributed by atoms with Crippen molar-refractivity contribution in [1.82, 2.24) is 0 Å². The molecule has 1 aromatic rings. The molecule has 2 unspecified atom stereocenters. The second-order valence-corrected chi connectivity index (χ2v) is 7.56. The van der Waals surface area contributed by atoms with Gasteiger partial charge in [-0.25, -0.2) is 0 Å². The first kappa shape index (κ1) is 16.2. The molecular weight excluding hydrogens is 306 g/mol. The van der Waals surface area contributed by atoms with E-state index in [1.165, 1.54) is 0 Å². The number of nitrogens with one attached hydrogen (secondary N) is 1. The predicted molar refractivity (Wildman–Crippen MR) is 89.3 cm³/mol. The van der Waals surface area contributed by atoms with Crippen molar-refractivity contribution in [3.05, 3.63) is 29.8 Å². The number of thioether (sulfide) groups is 2. The van der Waals surface area contributed by atoms with Crippen LogP contribution in [0.2, 0.25) is 0 Å². The van der Waals surface area contributed by atoms with Crippen molar-refractivity contribution in [2.45, 2.75) is 24.5 Å². The molecule has 1 saturated heterocycles. The van der Waals surface area contributed by atoms with Gasteiger partial charge in [-0.05, 0) is 24.6 Å². The summed E-state index contributed by atoms with van der Waals surface area (Å²) < 4.78 is 0. The molecule has 0 aromatic heterocycles. The van der Waals surface area contributed by atoms with Crippen molar-refractivity contribution in [1.29, 1.82) is 0 Å². The molecule has 4 nitrogen and oxygen atoms in total. The molecule has 2 atom stereocenters. The summed E-state index contributed by atoms with van der Waals surface area (Å²) in [5.41, 5.74) is 1.36. The molecule has 1 aliphatic rings. The zero-order valence-electron chi connectivity index (χ0n) is 11.9. The monoisotopic (exact) mass is 325 g/mol. The molecule has 6 heteroatoms. The summed E-state index contributed by atoms with van der Waals surface area (Å²) in [7, 11) is 0. The molecule has 1 amide bonds. The van der Waals surface area contributed by atoms with Crippen molar-refractivity contribution >= 4 is 41.1 Å². The van der Waals surface area contributed by atoms with Gasteiger partial charge in [0.2, 0.25) is 5.91 Å². The van der Waals surface area contributed by atoms with E-state index in [2.05, 4.69) is 5.32 Å². The molecule has 1 aromatic carbocycles. The Labute approximate surface area is 133 Å². The van der Waals surface area contributed by atoms with Gasteiger partial charge < -0.3 is 10.4 Å². The number of carboxylic acid groups (broad SMARTS) is 1. The van der Waals surface area contributed by atoms with E-state index in [9.17, 15) is 9.59 Å². The van der Waals surface area contributed by atoms with E-state index in [1.807, 2.05) is 23.5 Å². The van der Waals surface area contributed by atoms with Gasteiger partial charge in [0, 0.05) is 34.6 Å². The lowest BCUT2D eigenvalue weighted by atomic mass is 10.0. The number of carbonyl (C=O) groups is 2. The van der Waals surface area contributed by atoms with Crippen LogP contribution in [0.15, 0.2) is 24.3 Å². The van der Waals surface area contributed by atoms with Crippen molar-refractivity contribution in [2.75, 3.05) is 22.6 Å². The lowest BCUT2D eigenvalue weighted by molar-refractivity contribution is -0.138. The largest absolute Gasteiger partial charge is 0.481 e. The van der Waals surface area contributed by atoms with E-state index < -0.39 is 11.9 Å². The van der Waals surface area contributed by atoms with E-state index in [-0.39, 0.29) is 5.91 Å². The standard InChI is InChI=1S/C15H19NO3S2/c1-10(15(18)19)11-3-2-4-12(7-11)16-14(17)8-13-9-20-5-6-21-13/h2-4,7,10,13H,5-6,8-9H2,1H3,(H,16,17)(H,18,19). The molecule has 0 aliphatic carbocycles. The molecule has 1 fully saturated rings. The van der Waals surface area contributed by atoms with E-state index in [1.54, 1.807) is 31.2 Å². The maximum Gasteiger partial charge on any atom is 0.310 e. The second-order valence-electron chi connectivity index (χ2n) is 5.01. The van der Waals surface area contributed by atoms with E-state index in [0.717, 1.165) is 17.3 Å². The third kappa shape index (κ3) is 4.97. The van der Waals surface area contributed by atoms with Gasteiger partial charge in [-0.2, -0.15) is 23.5 Å². The Bertz CT molecular complexity index is 515. The molecule has 114 valence electrons. The van der Waals surface area contributed by atoms with Gasteiger partial charge >= 0.3 is 5.97 Å². The topological polar surface area (TPSA) is 66.4 Å². The quantitative estimate of drug-likeness (QED) is 0.871. The Balaban J connectivity index is 1.94. The predicted octanol–water partition coefficient (Wildman–Crippen LogP) is 3.05. The Morgan fingerprint density at radius 3 is 2.90 bits per heavy atom. The highest BCUT2D eigenvalue weighted by Gasteiger charge is 2.18. The van der Waals surface area contributed by atoms with Crippen LogP contribution in [0.3, 0.4) is 0 Å². The molecule has 0 saturated carbocycles. The number of aliphatic carboxylic acids is 1. The maximum absolute atomic E-state index is 12.0. The second kappa shape index (κ2) is 7.75. The number of anilines is 1. The summed E-state index contributed by atoms with van der Waals surface area (Å²) in [4.78, 5) is 23.0. The number of hydrogen-bond donors (Lipinski definition) is 2. The third-order valence-corrected chi connectivity index (χ3v) is 6.18. The van der Waals surface area contributed by atoms with Gasteiger partial charge in [0.05, 0.1) is 5.92 Å². The third-order valence-electron chi connectivity index (χ3n) is 3.34. The molecule has 1 aliphatic heterocycles. The van der Waals surface area contributed by atoms with Crippen LogP contribution >= 0.6 is 23.5 Å². The van der Waals surface area contributed by atoms with Crippen molar-refractivity contribution in [3.8, 4) is 0 Å². The Kier molecular flexibility index (Phi) is 5.99. The highest BCUT2D eigenvalue weighted by atomic mass is 32.2. The zero-order chi connectivity index (χ0) is 15.2. The zero-order valence-corrected chi connectivity index (χ0v) is 13.5. The Morgan fingerprint density at radius 2 is 2.24 bits per heavy atom. The van der Waals surface area contributed by atoms with E-state index in [0.29, 0.717) is 22.9 Å². The van der Waals surface area contributed by atoms with Crippen molar-refractivity contribution < 1.29 is 14.7 Å². The molecule has 2 rings (SSSR count). The summed E-state index contributed by atoms with van der Waals surface area (Å²) in [5.74, 6) is 1.84. The van der Waals surface area contributed by atoms with Crippen LogP contribution in [0.25, 0.3) is 0 Å².